The van der Waals surface area contributed by atoms with Gasteiger partial charge in [-0.25, -0.2) is 19.7 Å². The SMILES string of the molecule is CSc1ncc2c(C#C[Si](C(C)C)(C(C)C)C(C)C)cc(NC(=O)NC3(C)CCOC3)nc2n1. The van der Waals surface area contributed by atoms with E-state index >= 15 is 0 Å². The predicted molar refractivity (Wildman–Crippen MR) is 143 cm³/mol. The topological polar surface area (TPSA) is 89.0 Å². The molecule has 2 aromatic heterocycles. The maximum absolute atomic E-state index is 12.7. The lowest BCUT2D eigenvalue weighted by atomic mass is 10.0. The third kappa shape index (κ3) is 5.56. The van der Waals surface area contributed by atoms with Crippen LogP contribution in [0.2, 0.25) is 16.6 Å². The molecule has 1 atom stereocenters. The van der Waals surface area contributed by atoms with Crippen molar-refractivity contribution in [1.82, 2.24) is 20.3 Å². The third-order valence-corrected chi connectivity index (χ3v) is 13.7. The maximum atomic E-state index is 12.7. The number of thioether (sulfide) groups is 1. The van der Waals surface area contributed by atoms with E-state index in [0.717, 1.165) is 17.4 Å². The highest BCUT2D eigenvalue weighted by molar-refractivity contribution is 7.98. The molecule has 2 amide bonds. The molecular weight excluding hydrogens is 462 g/mol. The Kier molecular flexibility index (Phi) is 8.27. The summed E-state index contributed by atoms with van der Waals surface area (Å²) >= 11 is 1.45. The lowest BCUT2D eigenvalue weighted by Gasteiger charge is -2.38. The molecular formula is C25H37N5O2SSi. The summed E-state index contributed by atoms with van der Waals surface area (Å²) in [6.07, 6.45) is 4.49. The standard InChI is InChI=1S/C25H37N5O2SSi/c1-16(2)34(17(3)4,18(5)6)12-9-19-13-21(27-22-20(19)14-26-24(29-22)33-8)28-23(31)30-25(7)10-11-32-15-25/h13-14,16-18H,10-11,15H2,1-8H3,(H2,26,27,28,29,30,31). The Bertz CT molecular complexity index is 1080. The summed E-state index contributed by atoms with van der Waals surface area (Å²) in [5, 5.41) is 7.33. The van der Waals surface area contributed by atoms with Crippen molar-refractivity contribution in [2.24, 2.45) is 0 Å². The molecule has 0 saturated carbocycles. The second kappa shape index (κ2) is 10.6. The fourth-order valence-corrected chi connectivity index (χ4v) is 10.6. The molecule has 0 aliphatic carbocycles. The molecule has 0 radical (unpaired) electrons. The van der Waals surface area contributed by atoms with Crippen molar-refractivity contribution in [3.8, 4) is 11.5 Å². The number of ether oxygens (including phenoxy) is 1. The predicted octanol–water partition coefficient (Wildman–Crippen LogP) is 5.62. The van der Waals surface area contributed by atoms with Crippen LogP contribution < -0.4 is 10.6 Å². The number of anilines is 1. The molecule has 7 nitrogen and oxygen atoms in total. The highest BCUT2D eigenvalue weighted by atomic mass is 32.2. The fraction of sp³-hybridized carbons (Fsp3) is 0.600. The van der Waals surface area contributed by atoms with Crippen molar-refractivity contribution in [1.29, 1.82) is 0 Å². The van der Waals surface area contributed by atoms with Crippen LogP contribution in [0, 0.1) is 11.5 Å². The van der Waals surface area contributed by atoms with Gasteiger partial charge in [0.05, 0.1) is 17.5 Å². The van der Waals surface area contributed by atoms with E-state index in [-0.39, 0.29) is 11.6 Å². The van der Waals surface area contributed by atoms with Crippen molar-refractivity contribution in [2.45, 2.75) is 82.2 Å². The van der Waals surface area contributed by atoms with Crippen LogP contribution in [0.5, 0.6) is 0 Å². The number of nitrogens with zero attached hydrogens (tertiary/aromatic N) is 3. The van der Waals surface area contributed by atoms with Gasteiger partial charge in [0, 0.05) is 18.4 Å². The van der Waals surface area contributed by atoms with E-state index in [1.54, 1.807) is 6.20 Å². The first kappa shape index (κ1) is 26.5. The number of hydrogen-bond donors (Lipinski definition) is 2. The number of fused-ring (bicyclic) bond motifs is 1. The molecule has 2 N–H and O–H groups in total. The first-order valence-electron chi connectivity index (χ1n) is 11.9. The normalized spacial score (nSPS) is 18.4. The molecule has 1 saturated heterocycles. The van der Waals surface area contributed by atoms with Crippen molar-refractivity contribution in [3.05, 3.63) is 17.8 Å². The lowest BCUT2D eigenvalue weighted by Crippen LogP contribution is -2.48. The molecule has 3 rings (SSSR count). The van der Waals surface area contributed by atoms with Gasteiger partial charge in [0.1, 0.15) is 13.9 Å². The number of urea groups is 1. The number of carbonyl (C=O) groups is 1. The van der Waals surface area contributed by atoms with Crippen LogP contribution in [-0.2, 0) is 4.74 Å². The Labute approximate surface area is 208 Å². The van der Waals surface area contributed by atoms with Crippen LogP contribution >= 0.6 is 11.8 Å². The summed E-state index contributed by atoms with van der Waals surface area (Å²) in [5.74, 6) is 3.92. The summed E-state index contributed by atoms with van der Waals surface area (Å²) < 4.78 is 5.44. The molecule has 1 aliphatic rings. The number of nitrogens with one attached hydrogen (secondary N) is 2. The minimum atomic E-state index is -1.94. The van der Waals surface area contributed by atoms with E-state index in [0.29, 0.717) is 46.5 Å². The number of aromatic nitrogens is 3. The zero-order valence-corrected chi connectivity index (χ0v) is 23.4. The van der Waals surface area contributed by atoms with E-state index in [4.69, 9.17) is 4.74 Å². The monoisotopic (exact) mass is 499 g/mol. The molecule has 0 bridgehead atoms. The number of amides is 2. The van der Waals surface area contributed by atoms with Crippen molar-refractivity contribution < 1.29 is 9.53 Å². The van der Waals surface area contributed by atoms with Gasteiger partial charge in [-0.05, 0) is 42.3 Å². The second-order valence-electron chi connectivity index (χ2n) is 10.2. The highest BCUT2D eigenvalue weighted by Crippen LogP contribution is 2.41. The van der Waals surface area contributed by atoms with Crippen molar-refractivity contribution in [3.63, 3.8) is 0 Å². The van der Waals surface area contributed by atoms with Crippen LogP contribution in [-0.4, -0.2) is 54.1 Å². The number of pyridine rings is 1. The van der Waals surface area contributed by atoms with Crippen LogP contribution in [0.1, 0.15) is 60.5 Å². The Hall–Kier alpha value is -2.15. The third-order valence-electron chi connectivity index (χ3n) is 6.88. The first-order chi connectivity index (χ1) is 16.0. The number of rotatable bonds is 6. The Balaban J connectivity index is 2.05. The van der Waals surface area contributed by atoms with Crippen LogP contribution in [0.25, 0.3) is 11.0 Å². The molecule has 1 aliphatic heterocycles. The molecule has 1 unspecified atom stereocenters. The zero-order chi connectivity index (χ0) is 25.1. The highest BCUT2D eigenvalue weighted by Gasteiger charge is 2.41. The largest absolute Gasteiger partial charge is 0.379 e. The van der Waals surface area contributed by atoms with Gasteiger partial charge >= 0.3 is 6.03 Å². The van der Waals surface area contributed by atoms with Gasteiger partial charge in [0.2, 0.25) is 0 Å². The van der Waals surface area contributed by atoms with Crippen molar-refractivity contribution in [2.75, 3.05) is 24.8 Å². The quantitative estimate of drug-likeness (QED) is 0.232. The lowest BCUT2D eigenvalue weighted by molar-refractivity contribution is 0.172. The van der Waals surface area contributed by atoms with Crippen LogP contribution in [0.4, 0.5) is 10.6 Å². The smallest absolute Gasteiger partial charge is 0.320 e. The van der Waals surface area contributed by atoms with Gasteiger partial charge < -0.3 is 10.1 Å². The maximum Gasteiger partial charge on any atom is 0.320 e. The van der Waals surface area contributed by atoms with E-state index < -0.39 is 8.07 Å². The summed E-state index contributed by atoms with van der Waals surface area (Å²) in [5.41, 5.74) is 6.27. The average Bonchev–Trinajstić information content (AvgIpc) is 3.18. The van der Waals surface area contributed by atoms with Crippen molar-refractivity contribution >= 4 is 42.7 Å². The summed E-state index contributed by atoms with van der Waals surface area (Å²) in [4.78, 5) is 26.4. The first-order valence-corrected chi connectivity index (χ1v) is 15.4. The Morgan fingerprint density at radius 2 is 1.85 bits per heavy atom. The molecule has 0 spiro atoms. The van der Waals surface area contributed by atoms with E-state index in [1.807, 2.05) is 19.2 Å². The van der Waals surface area contributed by atoms with Gasteiger partial charge in [-0.15, -0.1) is 5.54 Å². The minimum absolute atomic E-state index is 0.312. The summed E-state index contributed by atoms with van der Waals surface area (Å²) in [6, 6.07) is 1.53. The van der Waals surface area contributed by atoms with Crippen LogP contribution in [0.3, 0.4) is 0 Å². The molecule has 1 fully saturated rings. The Morgan fingerprint density at radius 1 is 1.18 bits per heavy atom. The molecule has 34 heavy (non-hydrogen) atoms. The minimum Gasteiger partial charge on any atom is -0.379 e. The van der Waals surface area contributed by atoms with E-state index in [2.05, 4.69) is 78.6 Å². The fourth-order valence-electron chi connectivity index (χ4n) is 5.05. The summed E-state index contributed by atoms with van der Waals surface area (Å²) in [7, 11) is -1.94. The molecule has 9 heteroatoms. The van der Waals surface area contributed by atoms with E-state index in [1.165, 1.54) is 11.8 Å². The van der Waals surface area contributed by atoms with Gasteiger partial charge in [0.25, 0.3) is 0 Å². The molecule has 2 aromatic rings. The number of hydrogen-bond acceptors (Lipinski definition) is 6. The second-order valence-corrected chi connectivity index (χ2v) is 16.6. The molecule has 184 valence electrons. The zero-order valence-electron chi connectivity index (χ0n) is 21.6. The molecule has 3 heterocycles. The van der Waals surface area contributed by atoms with Gasteiger partial charge in [0.15, 0.2) is 10.8 Å². The molecule has 0 aromatic carbocycles. The van der Waals surface area contributed by atoms with Gasteiger partial charge in [-0.3, -0.25) is 5.32 Å². The van der Waals surface area contributed by atoms with Gasteiger partial charge in [-0.2, -0.15) is 0 Å². The van der Waals surface area contributed by atoms with Gasteiger partial charge in [-0.1, -0.05) is 59.2 Å². The summed E-state index contributed by atoms with van der Waals surface area (Å²) in [6.45, 7) is 16.9. The Morgan fingerprint density at radius 3 is 2.41 bits per heavy atom. The number of carbonyl (C=O) groups excluding carboxylic acids is 1. The van der Waals surface area contributed by atoms with E-state index in [9.17, 15) is 4.79 Å². The van der Waals surface area contributed by atoms with Crippen LogP contribution in [0.15, 0.2) is 17.4 Å². The average molecular weight is 500 g/mol.